The van der Waals surface area contributed by atoms with Gasteiger partial charge >= 0.3 is 0 Å². The van der Waals surface area contributed by atoms with Gasteiger partial charge in [0.2, 0.25) is 0 Å². The van der Waals surface area contributed by atoms with Crippen LogP contribution in [0.4, 0.5) is 5.69 Å². The average molecular weight is 395 g/mol. The van der Waals surface area contributed by atoms with E-state index in [1.54, 1.807) is 26.0 Å². The number of hydrogen-bond acceptors (Lipinski definition) is 4. The summed E-state index contributed by atoms with van der Waals surface area (Å²) >= 11 is 7.56. The van der Waals surface area contributed by atoms with E-state index in [2.05, 4.69) is 4.99 Å². The van der Waals surface area contributed by atoms with E-state index in [0.717, 1.165) is 16.8 Å². The van der Waals surface area contributed by atoms with Crippen LogP contribution in [0.5, 0.6) is 0 Å². The summed E-state index contributed by atoms with van der Waals surface area (Å²) in [6, 6.07) is 11.0. The van der Waals surface area contributed by atoms with Gasteiger partial charge in [-0.2, -0.15) is 0 Å². The minimum Gasteiger partial charge on any atom is -0.243 e. The van der Waals surface area contributed by atoms with Gasteiger partial charge in [-0.25, -0.2) is 17.7 Å². The highest BCUT2D eigenvalue weighted by Gasteiger charge is 2.33. The van der Waals surface area contributed by atoms with Crippen LogP contribution in [0.15, 0.2) is 46.3 Å². The first kappa shape index (κ1) is 18.3. The molecule has 0 atom stereocenters. The summed E-state index contributed by atoms with van der Waals surface area (Å²) in [6.07, 6.45) is 0. The smallest absolute Gasteiger partial charge is 0.243 e. The van der Waals surface area contributed by atoms with Crippen molar-refractivity contribution in [3.8, 4) is 0 Å². The van der Waals surface area contributed by atoms with E-state index >= 15 is 0 Å². The number of aliphatic imine (C=N–C) groups is 1. The summed E-state index contributed by atoms with van der Waals surface area (Å²) in [5.74, 6) is 0.690. The molecule has 0 N–H and O–H groups in total. The quantitative estimate of drug-likeness (QED) is 0.758. The molecule has 25 heavy (non-hydrogen) atoms. The van der Waals surface area contributed by atoms with E-state index in [9.17, 15) is 8.42 Å². The van der Waals surface area contributed by atoms with Crippen LogP contribution in [0.2, 0.25) is 5.02 Å². The van der Waals surface area contributed by atoms with E-state index in [4.69, 9.17) is 11.6 Å². The van der Waals surface area contributed by atoms with Crippen LogP contribution in [-0.4, -0.2) is 30.2 Å². The van der Waals surface area contributed by atoms with Crippen molar-refractivity contribution < 1.29 is 8.42 Å². The maximum Gasteiger partial charge on any atom is 0.266 e. The third-order valence-electron chi connectivity index (χ3n) is 4.02. The Morgan fingerprint density at radius 2 is 1.76 bits per heavy atom. The highest BCUT2D eigenvalue weighted by Crippen LogP contribution is 2.31. The molecule has 132 valence electrons. The molecule has 2 aromatic carbocycles. The minimum absolute atomic E-state index is 0.286. The topological polar surface area (TPSA) is 49.7 Å². The Morgan fingerprint density at radius 3 is 2.44 bits per heavy atom. The second-order valence-electron chi connectivity index (χ2n) is 6.02. The fourth-order valence-electron chi connectivity index (χ4n) is 2.58. The van der Waals surface area contributed by atoms with Gasteiger partial charge < -0.3 is 0 Å². The lowest BCUT2D eigenvalue weighted by atomic mass is 10.2. The molecule has 0 aromatic heterocycles. The van der Waals surface area contributed by atoms with Crippen LogP contribution in [0.3, 0.4) is 0 Å². The van der Waals surface area contributed by atoms with Crippen LogP contribution in [0, 0.1) is 20.8 Å². The number of hydrogen-bond donors (Lipinski definition) is 0. The minimum atomic E-state index is -3.66. The van der Waals surface area contributed by atoms with E-state index < -0.39 is 10.0 Å². The Balaban J connectivity index is 2.01. The van der Waals surface area contributed by atoms with Crippen molar-refractivity contribution in [2.75, 3.05) is 12.3 Å². The number of thioether (sulfide) groups is 1. The summed E-state index contributed by atoms with van der Waals surface area (Å²) in [7, 11) is -3.66. The maximum absolute atomic E-state index is 13.2. The van der Waals surface area contributed by atoms with Crippen molar-refractivity contribution in [3.05, 3.63) is 58.1 Å². The molecule has 1 aliphatic rings. The van der Waals surface area contributed by atoms with Crippen molar-refractivity contribution >= 4 is 44.2 Å². The molecule has 1 saturated heterocycles. The molecule has 1 heterocycles. The number of rotatable bonds is 3. The number of halogens is 1. The van der Waals surface area contributed by atoms with Gasteiger partial charge in [0.05, 0.1) is 10.6 Å². The molecule has 2 aromatic rings. The van der Waals surface area contributed by atoms with E-state index in [1.165, 1.54) is 16.1 Å². The molecule has 1 fully saturated rings. The summed E-state index contributed by atoms with van der Waals surface area (Å²) in [6.45, 7) is 5.99. The van der Waals surface area contributed by atoms with Crippen LogP contribution in [-0.2, 0) is 10.0 Å². The van der Waals surface area contributed by atoms with Gasteiger partial charge in [-0.05, 0) is 56.2 Å². The average Bonchev–Trinajstić information content (AvgIpc) is 3.02. The first-order chi connectivity index (χ1) is 11.8. The van der Waals surface area contributed by atoms with Crippen LogP contribution >= 0.6 is 23.4 Å². The molecule has 1 aliphatic heterocycles. The fourth-order valence-corrected chi connectivity index (χ4v) is 5.83. The fraction of sp³-hybridized carbons (Fsp3) is 0.278. The van der Waals surface area contributed by atoms with Gasteiger partial charge in [0.15, 0.2) is 5.17 Å². The van der Waals surface area contributed by atoms with E-state index in [1.807, 2.05) is 31.2 Å². The number of amidine groups is 1. The van der Waals surface area contributed by atoms with Crippen LogP contribution in [0.1, 0.15) is 16.7 Å². The normalized spacial score (nSPS) is 16.6. The molecule has 0 radical (unpaired) electrons. The maximum atomic E-state index is 13.2. The standard InChI is InChI=1S/C18H19ClN2O2S2/c1-12-4-6-15(7-5-12)20-18-21(8-9-24-18)25(22,23)17-11-13(2)16(19)10-14(17)3/h4-7,10-11H,8-9H2,1-3H3. The zero-order chi connectivity index (χ0) is 18.2. The van der Waals surface area contributed by atoms with Gasteiger partial charge in [0.1, 0.15) is 0 Å². The Labute approximate surface area is 158 Å². The molecule has 0 spiro atoms. The third kappa shape index (κ3) is 3.71. The zero-order valence-electron chi connectivity index (χ0n) is 14.3. The lowest BCUT2D eigenvalue weighted by molar-refractivity contribution is 0.539. The molecular weight excluding hydrogens is 376 g/mol. The molecule has 0 saturated carbocycles. The first-order valence-corrected chi connectivity index (χ1v) is 10.7. The summed E-state index contributed by atoms with van der Waals surface area (Å²) in [5, 5.41) is 1.08. The lowest BCUT2D eigenvalue weighted by Crippen LogP contribution is -2.32. The predicted octanol–water partition coefficient (Wildman–Crippen LogP) is 4.69. The zero-order valence-corrected chi connectivity index (χ0v) is 16.7. The molecule has 3 rings (SSSR count). The second kappa shape index (κ2) is 7.02. The largest absolute Gasteiger partial charge is 0.266 e. The molecule has 0 unspecified atom stereocenters. The molecule has 0 amide bonds. The van der Waals surface area contributed by atoms with Gasteiger partial charge in [0.25, 0.3) is 10.0 Å². The SMILES string of the molecule is Cc1ccc(N=C2SCCN2S(=O)(=O)c2cc(C)c(Cl)cc2C)cc1. The van der Waals surface area contributed by atoms with E-state index in [-0.39, 0.29) is 4.90 Å². The predicted molar refractivity (Wildman–Crippen MR) is 106 cm³/mol. The van der Waals surface area contributed by atoms with Crippen molar-refractivity contribution in [1.82, 2.24) is 4.31 Å². The van der Waals surface area contributed by atoms with Crippen molar-refractivity contribution in [2.45, 2.75) is 25.7 Å². The number of aryl methyl sites for hydroxylation is 3. The second-order valence-corrected chi connectivity index (χ2v) is 9.32. The Morgan fingerprint density at radius 1 is 1.08 bits per heavy atom. The monoisotopic (exact) mass is 394 g/mol. The molecular formula is C18H19ClN2O2S2. The first-order valence-electron chi connectivity index (χ1n) is 7.86. The summed E-state index contributed by atoms with van der Waals surface area (Å²) in [5.41, 5.74) is 3.27. The Bertz CT molecular complexity index is 938. The highest BCUT2D eigenvalue weighted by atomic mass is 35.5. The Kier molecular flexibility index (Phi) is 5.14. The van der Waals surface area contributed by atoms with Crippen molar-refractivity contribution in [1.29, 1.82) is 0 Å². The van der Waals surface area contributed by atoms with Gasteiger partial charge in [-0.1, -0.05) is 41.1 Å². The summed E-state index contributed by atoms with van der Waals surface area (Å²) < 4.78 is 27.7. The van der Waals surface area contributed by atoms with Crippen molar-refractivity contribution in [3.63, 3.8) is 0 Å². The van der Waals surface area contributed by atoms with E-state index in [0.29, 0.717) is 28.1 Å². The Hall–Kier alpha value is -1.50. The third-order valence-corrected chi connectivity index (χ3v) is 7.43. The molecule has 0 aliphatic carbocycles. The highest BCUT2D eigenvalue weighted by molar-refractivity contribution is 8.15. The lowest BCUT2D eigenvalue weighted by Gasteiger charge is -2.20. The van der Waals surface area contributed by atoms with Gasteiger partial charge in [0, 0.05) is 17.3 Å². The van der Waals surface area contributed by atoms with Crippen molar-refractivity contribution in [2.24, 2.45) is 4.99 Å². The number of sulfonamides is 1. The van der Waals surface area contributed by atoms with Crippen LogP contribution in [0.25, 0.3) is 0 Å². The van der Waals surface area contributed by atoms with Crippen LogP contribution < -0.4 is 0 Å². The number of benzene rings is 2. The molecule has 4 nitrogen and oxygen atoms in total. The molecule has 7 heteroatoms. The summed E-state index contributed by atoms with van der Waals surface area (Å²) in [4.78, 5) is 4.83. The van der Waals surface area contributed by atoms with Gasteiger partial charge in [-0.15, -0.1) is 0 Å². The molecule has 0 bridgehead atoms. The van der Waals surface area contributed by atoms with Gasteiger partial charge in [-0.3, -0.25) is 0 Å². The number of nitrogens with zero attached hydrogens (tertiary/aromatic N) is 2.